The van der Waals surface area contributed by atoms with Crippen LogP contribution in [0.1, 0.15) is 6.92 Å². The molecule has 3 aromatic heterocycles. The molecule has 0 saturated carbocycles. The first-order valence-electron chi connectivity index (χ1n) is 6.44. The van der Waals surface area contributed by atoms with Crippen molar-refractivity contribution in [3.05, 3.63) is 67.0 Å². The molecule has 4 nitrogen and oxygen atoms in total. The average molecular weight is 418 g/mol. The Labute approximate surface area is 155 Å². The fourth-order valence-electron chi connectivity index (χ4n) is 1.75. The van der Waals surface area contributed by atoms with Crippen LogP contribution in [-0.2, 0) is 25.2 Å². The van der Waals surface area contributed by atoms with E-state index >= 15 is 0 Å². The number of halogens is 1. The van der Waals surface area contributed by atoms with Gasteiger partial charge < -0.3 is 17.2 Å². The van der Waals surface area contributed by atoms with E-state index < -0.39 is 0 Å². The summed E-state index contributed by atoms with van der Waals surface area (Å²) in [6.45, 7) is 1.32. The summed E-state index contributed by atoms with van der Waals surface area (Å²) in [7, 11) is 0. The van der Waals surface area contributed by atoms with Crippen LogP contribution in [-0.4, -0.2) is 21.2 Å². The van der Waals surface area contributed by atoms with Gasteiger partial charge in [-0.25, -0.2) is 4.98 Å². The molecule has 0 atom stereocenters. The Morgan fingerprint density at radius 1 is 0.739 bits per heavy atom. The van der Waals surface area contributed by atoms with Crippen molar-refractivity contribution >= 4 is 6.29 Å². The van der Waals surface area contributed by atoms with Crippen LogP contribution in [0.25, 0.3) is 22.8 Å². The number of pyridine rings is 3. The van der Waals surface area contributed by atoms with Crippen molar-refractivity contribution in [1.29, 1.82) is 0 Å². The number of nitrogens with zero attached hydrogens (tertiary/aromatic N) is 3. The maximum Gasteiger partial charge on any atom is 2.00 e. The molecule has 23 heavy (non-hydrogen) atoms. The van der Waals surface area contributed by atoms with Gasteiger partial charge in [0.1, 0.15) is 0 Å². The fraction of sp³-hybridized carbons (Fsp3) is 0.0588. The minimum absolute atomic E-state index is 0. The Balaban J connectivity index is 0.000000902. The van der Waals surface area contributed by atoms with Crippen molar-refractivity contribution in [2.24, 2.45) is 0 Å². The third-order valence-corrected chi connectivity index (χ3v) is 2.60. The molecule has 6 heteroatoms. The molecule has 0 unspecified atom stereocenters. The number of hydrogen-bond donors (Lipinski definition) is 0. The molecular weight excluding hydrogens is 404 g/mol. The van der Waals surface area contributed by atoms with Gasteiger partial charge in [-0.05, 0) is 36.4 Å². The van der Waals surface area contributed by atoms with Crippen LogP contribution in [0.5, 0.6) is 0 Å². The SMILES string of the molecule is C[C-]=O.[Cl-].[Pd+2].c1ccc(-c2cccc(-c3ccccn3)n2)nc1. The number of aromatic nitrogens is 3. The summed E-state index contributed by atoms with van der Waals surface area (Å²) >= 11 is 0. The summed E-state index contributed by atoms with van der Waals surface area (Å²) in [5.74, 6) is 0. The van der Waals surface area contributed by atoms with E-state index in [4.69, 9.17) is 4.79 Å². The van der Waals surface area contributed by atoms with Gasteiger partial charge in [-0.15, -0.1) is 0 Å². The molecule has 0 aliphatic heterocycles. The maximum absolute atomic E-state index is 8.68. The smallest absolute Gasteiger partial charge is 1.00 e. The molecule has 120 valence electrons. The molecule has 3 rings (SSSR count). The first-order chi connectivity index (χ1) is 10.3. The van der Waals surface area contributed by atoms with E-state index in [1.807, 2.05) is 54.6 Å². The Kier molecular flexibility index (Phi) is 10.6. The van der Waals surface area contributed by atoms with Gasteiger partial charge in [0, 0.05) is 12.4 Å². The molecule has 0 aromatic carbocycles. The zero-order valence-electron chi connectivity index (χ0n) is 12.3. The molecule has 3 aromatic rings. The Morgan fingerprint density at radius 2 is 1.13 bits per heavy atom. The minimum Gasteiger partial charge on any atom is -1.00 e. The monoisotopic (exact) mass is 417 g/mol. The molecule has 0 bridgehead atoms. The molecular formula is C17H14ClN3OPd. The molecule has 0 amide bonds. The van der Waals surface area contributed by atoms with Crippen molar-refractivity contribution in [2.45, 2.75) is 6.92 Å². The molecule has 0 fully saturated rings. The quantitative estimate of drug-likeness (QED) is 0.445. The zero-order valence-corrected chi connectivity index (χ0v) is 14.6. The van der Waals surface area contributed by atoms with Crippen LogP contribution in [0.15, 0.2) is 67.0 Å². The van der Waals surface area contributed by atoms with Crippen LogP contribution in [0.3, 0.4) is 0 Å². The molecule has 0 saturated heterocycles. The molecule has 0 aliphatic carbocycles. The van der Waals surface area contributed by atoms with E-state index in [9.17, 15) is 0 Å². The van der Waals surface area contributed by atoms with Gasteiger partial charge in [0.2, 0.25) is 0 Å². The third-order valence-electron chi connectivity index (χ3n) is 2.60. The van der Waals surface area contributed by atoms with E-state index in [0.717, 1.165) is 22.8 Å². The van der Waals surface area contributed by atoms with Gasteiger partial charge in [-0.1, -0.05) is 18.2 Å². The number of rotatable bonds is 2. The first kappa shape index (κ1) is 21.1. The van der Waals surface area contributed by atoms with Crippen molar-refractivity contribution < 1.29 is 37.6 Å². The second-order valence-electron chi connectivity index (χ2n) is 4.04. The van der Waals surface area contributed by atoms with Gasteiger partial charge in [0.15, 0.2) is 0 Å². The van der Waals surface area contributed by atoms with E-state index in [2.05, 4.69) is 15.0 Å². The summed E-state index contributed by atoms with van der Waals surface area (Å²) < 4.78 is 0. The number of hydrogen-bond acceptors (Lipinski definition) is 4. The molecule has 0 spiro atoms. The van der Waals surface area contributed by atoms with Gasteiger partial charge in [-0.2, -0.15) is 6.92 Å². The summed E-state index contributed by atoms with van der Waals surface area (Å²) in [6.07, 6.45) is 5.04. The summed E-state index contributed by atoms with van der Waals surface area (Å²) in [5, 5.41) is 0. The van der Waals surface area contributed by atoms with E-state index in [1.54, 1.807) is 12.4 Å². The van der Waals surface area contributed by atoms with E-state index in [0.29, 0.717) is 0 Å². The van der Waals surface area contributed by atoms with Gasteiger partial charge in [0.05, 0.1) is 22.8 Å². The number of carbonyl (C=O) groups excluding carboxylic acids is 1. The molecule has 3 heterocycles. The van der Waals surface area contributed by atoms with Crippen molar-refractivity contribution in [3.63, 3.8) is 0 Å². The summed E-state index contributed by atoms with van der Waals surface area (Å²) in [4.78, 5) is 21.9. The summed E-state index contributed by atoms with van der Waals surface area (Å²) in [6, 6.07) is 17.5. The molecule has 0 radical (unpaired) electrons. The minimum atomic E-state index is 0. The van der Waals surface area contributed by atoms with Gasteiger partial charge >= 0.3 is 20.4 Å². The Hall–Kier alpha value is -1.93. The summed E-state index contributed by atoms with van der Waals surface area (Å²) in [5.41, 5.74) is 3.46. The third kappa shape index (κ3) is 6.37. The Bertz CT molecular complexity index is 642. The molecule has 0 aliphatic rings. The Morgan fingerprint density at radius 3 is 1.48 bits per heavy atom. The van der Waals surface area contributed by atoms with Crippen LogP contribution >= 0.6 is 0 Å². The van der Waals surface area contributed by atoms with Crippen molar-refractivity contribution in [3.8, 4) is 22.8 Å². The maximum atomic E-state index is 8.68. The normalized spacial score (nSPS) is 8.57. The van der Waals surface area contributed by atoms with Gasteiger partial charge in [-0.3, -0.25) is 16.3 Å². The topological polar surface area (TPSA) is 55.7 Å². The second kappa shape index (κ2) is 11.6. The standard InChI is InChI=1S/C15H11N3.C2H3O.ClH.Pd/c1-3-10-16-12(6-1)14-8-5-9-15(18-14)13-7-2-4-11-17-13;1-2-3;;/h1-11H;1H3;1H;/q;-1;;+2/p-1. The first-order valence-corrected chi connectivity index (χ1v) is 6.44. The van der Waals surface area contributed by atoms with E-state index in [-0.39, 0.29) is 32.8 Å². The zero-order chi connectivity index (χ0) is 14.9. The average Bonchev–Trinajstić information content (AvgIpc) is 2.57. The van der Waals surface area contributed by atoms with Crippen molar-refractivity contribution in [2.75, 3.05) is 0 Å². The predicted molar refractivity (Wildman–Crippen MR) is 82.1 cm³/mol. The molecule has 0 N–H and O–H groups in total. The largest absolute Gasteiger partial charge is 2.00 e. The van der Waals surface area contributed by atoms with Crippen molar-refractivity contribution in [1.82, 2.24) is 15.0 Å². The van der Waals surface area contributed by atoms with Crippen LogP contribution in [0, 0.1) is 0 Å². The van der Waals surface area contributed by atoms with Gasteiger partial charge in [0.25, 0.3) is 0 Å². The van der Waals surface area contributed by atoms with Crippen LogP contribution in [0.2, 0.25) is 0 Å². The predicted octanol–water partition coefficient (Wildman–Crippen LogP) is 0.323. The van der Waals surface area contributed by atoms with Crippen LogP contribution in [0.4, 0.5) is 0 Å². The fourth-order valence-corrected chi connectivity index (χ4v) is 1.75. The van der Waals surface area contributed by atoms with E-state index in [1.165, 1.54) is 13.2 Å². The second-order valence-corrected chi connectivity index (χ2v) is 4.04. The van der Waals surface area contributed by atoms with Crippen LogP contribution < -0.4 is 12.4 Å².